The van der Waals surface area contributed by atoms with Gasteiger partial charge in [0.25, 0.3) is 0 Å². The number of piperazine rings is 1. The molecular formula is C18H20N2O2S. The van der Waals surface area contributed by atoms with Crippen molar-refractivity contribution in [2.45, 2.75) is 24.3 Å². The summed E-state index contributed by atoms with van der Waals surface area (Å²) < 4.78 is 27.5. The van der Waals surface area contributed by atoms with Crippen molar-refractivity contribution in [1.82, 2.24) is 4.31 Å². The third kappa shape index (κ3) is 2.44. The van der Waals surface area contributed by atoms with Gasteiger partial charge < -0.3 is 4.90 Å². The van der Waals surface area contributed by atoms with E-state index in [-0.39, 0.29) is 6.04 Å². The molecule has 0 bridgehead atoms. The van der Waals surface area contributed by atoms with Crippen molar-refractivity contribution in [2.75, 3.05) is 24.5 Å². The number of para-hydroxylation sites is 1. The zero-order chi connectivity index (χ0) is 16.0. The molecule has 5 heteroatoms. The average molecular weight is 328 g/mol. The van der Waals surface area contributed by atoms with Crippen molar-refractivity contribution in [2.24, 2.45) is 0 Å². The molecule has 0 aromatic heterocycles. The lowest BCUT2D eigenvalue weighted by Crippen LogP contribution is -2.53. The molecule has 0 saturated carbocycles. The maximum absolute atomic E-state index is 12.9. The van der Waals surface area contributed by atoms with Crippen LogP contribution in [0.5, 0.6) is 0 Å². The molecule has 2 aromatic carbocycles. The van der Waals surface area contributed by atoms with Gasteiger partial charge in [0.15, 0.2) is 0 Å². The van der Waals surface area contributed by atoms with E-state index in [0.717, 1.165) is 18.5 Å². The first-order chi connectivity index (χ1) is 11.1. The van der Waals surface area contributed by atoms with Gasteiger partial charge in [-0.25, -0.2) is 8.42 Å². The van der Waals surface area contributed by atoms with E-state index in [1.54, 1.807) is 16.4 Å². The van der Waals surface area contributed by atoms with Gasteiger partial charge in [0.1, 0.15) is 0 Å². The fourth-order valence-electron chi connectivity index (χ4n) is 3.68. The Balaban J connectivity index is 1.60. The highest BCUT2D eigenvalue weighted by molar-refractivity contribution is 7.89. The van der Waals surface area contributed by atoms with Crippen molar-refractivity contribution >= 4 is 15.7 Å². The lowest BCUT2D eigenvalue weighted by molar-refractivity contribution is 0.340. The molecule has 1 saturated heterocycles. The molecular weight excluding hydrogens is 308 g/mol. The van der Waals surface area contributed by atoms with Gasteiger partial charge >= 0.3 is 0 Å². The topological polar surface area (TPSA) is 40.6 Å². The van der Waals surface area contributed by atoms with E-state index >= 15 is 0 Å². The molecule has 23 heavy (non-hydrogen) atoms. The second-order valence-electron chi connectivity index (χ2n) is 6.36. The van der Waals surface area contributed by atoms with E-state index in [9.17, 15) is 8.42 Å². The van der Waals surface area contributed by atoms with Crippen molar-refractivity contribution < 1.29 is 8.42 Å². The average Bonchev–Trinajstić information content (AvgIpc) is 2.92. The molecule has 0 aliphatic carbocycles. The monoisotopic (exact) mass is 328 g/mol. The Kier molecular flexibility index (Phi) is 3.43. The summed E-state index contributed by atoms with van der Waals surface area (Å²) in [4.78, 5) is 2.76. The molecule has 2 aliphatic heterocycles. The predicted octanol–water partition coefficient (Wildman–Crippen LogP) is 2.43. The number of anilines is 1. The highest BCUT2D eigenvalue weighted by Crippen LogP contribution is 2.35. The largest absolute Gasteiger partial charge is 0.365 e. The first kappa shape index (κ1) is 14.7. The second-order valence-corrected chi connectivity index (χ2v) is 8.30. The first-order valence-corrected chi connectivity index (χ1v) is 9.41. The molecule has 2 aromatic rings. The molecule has 1 unspecified atom stereocenters. The van der Waals surface area contributed by atoms with E-state index in [0.29, 0.717) is 18.0 Å². The Bertz CT molecular complexity index is 848. The fourth-order valence-corrected chi connectivity index (χ4v) is 5.25. The van der Waals surface area contributed by atoms with Gasteiger partial charge in [0.2, 0.25) is 10.0 Å². The number of sulfonamides is 1. The summed E-state index contributed by atoms with van der Waals surface area (Å²) in [6.45, 7) is 3.78. The van der Waals surface area contributed by atoms with Gasteiger partial charge in [-0.15, -0.1) is 0 Å². The SMILES string of the molecule is Cc1cccc(S(=O)(=O)N2CCN3c4ccccc4CC3C2)c1. The summed E-state index contributed by atoms with van der Waals surface area (Å²) in [6, 6.07) is 15.8. The molecule has 120 valence electrons. The first-order valence-electron chi connectivity index (χ1n) is 7.97. The highest BCUT2D eigenvalue weighted by atomic mass is 32.2. The standard InChI is InChI=1S/C18H20N2O2S/c1-14-5-4-7-17(11-14)23(21,22)19-9-10-20-16(13-19)12-15-6-2-3-8-18(15)20/h2-8,11,16H,9-10,12-13H2,1H3. The third-order valence-electron chi connectivity index (χ3n) is 4.83. The van der Waals surface area contributed by atoms with Crippen molar-refractivity contribution in [3.63, 3.8) is 0 Å². The number of hydrogen-bond donors (Lipinski definition) is 0. The molecule has 2 aliphatic rings. The quantitative estimate of drug-likeness (QED) is 0.850. The summed E-state index contributed by atoms with van der Waals surface area (Å²) in [5.41, 5.74) is 3.57. The normalized spacial score (nSPS) is 21.1. The number of fused-ring (bicyclic) bond motifs is 3. The Hall–Kier alpha value is -1.85. The highest BCUT2D eigenvalue weighted by Gasteiger charge is 2.38. The van der Waals surface area contributed by atoms with Crippen LogP contribution < -0.4 is 4.90 Å². The number of aryl methyl sites for hydroxylation is 1. The minimum atomic E-state index is -3.40. The minimum absolute atomic E-state index is 0.251. The summed E-state index contributed by atoms with van der Waals surface area (Å²) >= 11 is 0. The maximum atomic E-state index is 12.9. The van der Waals surface area contributed by atoms with Gasteiger partial charge in [-0.3, -0.25) is 0 Å². The van der Waals surface area contributed by atoms with Gasteiger partial charge in [-0.05, 0) is 42.7 Å². The van der Waals surface area contributed by atoms with E-state index in [4.69, 9.17) is 0 Å². The van der Waals surface area contributed by atoms with Crippen LogP contribution in [0.25, 0.3) is 0 Å². The summed E-state index contributed by atoms with van der Waals surface area (Å²) in [5.74, 6) is 0. The fraction of sp³-hybridized carbons (Fsp3) is 0.333. The van der Waals surface area contributed by atoms with Crippen molar-refractivity contribution in [3.05, 3.63) is 59.7 Å². The van der Waals surface area contributed by atoms with Gasteiger partial charge in [-0.2, -0.15) is 4.31 Å². The van der Waals surface area contributed by atoms with Crippen molar-refractivity contribution in [3.8, 4) is 0 Å². The number of hydrogen-bond acceptors (Lipinski definition) is 3. The van der Waals surface area contributed by atoms with Crippen LogP contribution in [0.4, 0.5) is 5.69 Å². The van der Waals surface area contributed by atoms with E-state index < -0.39 is 10.0 Å². The van der Waals surface area contributed by atoms with Crippen LogP contribution in [0.2, 0.25) is 0 Å². The molecule has 0 spiro atoms. The van der Waals surface area contributed by atoms with Crippen LogP contribution in [0.3, 0.4) is 0 Å². The van der Waals surface area contributed by atoms with Crippen LogP contribution in [0.15, 0.2) is 53.4 Å². The molecule has 0 amide bonds. The Labute approximate surface area is 137 Å². The predicted molar refractivity (Wildman–Crippen MR) is 91.2 cm³/mol. The molecule has 4 nitrogen and oxygen atoms in total. The maximum Gasteiger partial charge on any atom is 0.243 e. The van der Waals surface area contributed by atoms with Crippen LogP contribution in [-0.2, 0) is 16.4 Å². The van der Waals surface area contributed by atoms with E-state index in [2.05, 4.69) is 29.2 Å². The zero-order valence-corrected chi connectivity index (χ0v) is 14.0. The lowest BCUT2D eigenvalue weighted by atomic mass is 10.1. The molecule has 2 heterocycles. The molecule has 0 N–H and O–H groups in total. The van der Waals surface area contributed by atoms with E-state index in [1.165, 1.54) is 11.3 Å². The summed E-state index contributed by atoms with van der Waals surface area (Å²) in [7, 11) is -3.40. The minimum Gasteiger partial charge on any atom is -0.365 e. The van der Waals surface area contributed by atoms with Crippen molar-refractivity contribution in [1.29, 1.82) is 0 Å². The summed E-state index contributed by atoms with van der Waals surface area (Å²) in [5, 5.41) is 0. The van der Waals surface area contributed by atoms with Crippen LogP contribution in [0.1, 0.15) is 11.1 Å². The Morgan fingerprint density at radius 2 is 1.87 bits per heavy atom. The van der Waals surface area contributed by atoms with Gasteiger partial charge in [0.05, 0.1) is 4.90 Å². The molecule has 0 radical (unpaired) electrons. The van der Waals surface area contributed by atoms with Crippen LogP contribution in [0, 0.1) is 6.92 Å². The number of benzene rings is 2. The van der Waals surface area contributed by atoms with Gasteiger partial charge in [-0.1, -0.05) is 30.3 Å². The van der Waals surface area contributed by atoms with Gasteiger partial charge in [0, 0.05) is 31.4 Å². The Morgan fingerprint density at radius 1 is 1.04 bits per heavy atom. The zero-order valence-electron chi connectivity index (χ0n) is 13.1. The third-order valence-corrected chi connectivity index (χ3v) is 6.69. The van der Waals surface area contributed by atoms with Crippen LogP contribution in [-0.4, -0.2) is 38.4 Å². The number of rotatable bonds is 2. The molecule has 1 atom stereocenters. The summed E-state index contributed by atoms with van der Waals surface area (Å²) in [6.07, 6.45) is 0.927. The van der Waals surface area contributed by atoms with Crippen LogP contribution >= 0.6 is 0 Å². The molecule has 1 fully saturated rings. The lowest BCUT2D eigenvalue weighted by Gasteiger charge is -2.38. The van der Waals surface area contributed by atoms with E-state index in [1.807, 2.05) is 19.1 Å². The number of nitrogens with zero attached hydrogens (tertiary/aromatic N) is 2. The Morgan fingerprint density at radius 3 is 2.70 bits per heavy atom. The smallest absolute Gasteiger partial charge is 0.243 e. The molecule has 4 rings (SSSR count). The second kappa shape index (κ2) is 5.35.